The number of benzene rings is 1. The number of aromatic nitrogens is 4. The topological polar surface area (TPSA) is 86.0 Å². The van der Waals surface area contributed by atoms with E-state index in [9.17, 15) is 0 Å². The van der Waals surface area contributed by atoms with E-state index in [1.54, 1.807) is 7.11 Å². The quantitative estimate of drug-likeness (QED) is 0.792. The first kappa shape index (κ1) is 14.0. The summed E-state index contributed by atoms with van der Waals surface area (Å²) in [6.07, 6.45) is 0. The molecule has 0 atom stereocenters. The maximum Gasteiger partial charge on any atom is 0.270 e. The molecule has 0 fully saturated rings. The molecule has 0 radical (unpaired) electrons. The molecule has 0 aliphatic carbocycles. The first-order valence-corrected chi connectivity index (χ1v) is 6.71. The Morgan fingerprint density at radius 3 is 2.50 bits per heavy atom. The van der Waals surface area contributed by atoms with Gasteiger partial charge in [-0.2, -0.15) is 4.98 Å². The molecule has 0 aliphatic rings. The van der Waals surface area contributed by atoms with Crippen molar-refractivity contribution in [3.63, 3.8) is 0 Å². The Hall–Kier alpha value is -2.96. The third-order valence-corrected chi connectivity index (χ3v) is 2.95. The van der Waals surface area contributed by atoms with Gasteiger partial charge >= 0.3 is 0 Å². The highest BCUT2D eigenvalue weighted by Gasteiger charge is 2.11. The molecule has 0 amide bonds. The van der Waals surface area contributed by atoms with Crippen molar-refractivity contribution < 1.29 is 9.26 Å². The number of nitrogens with zero attached hydrogens (tertiary/aromatic N) is 4. The van der Waals surface area contributed by atoms with Gasteiger partial charge in [-0.25, -0.2) is 9.97 Å². The van der Waals surface area contributed by atoms with E-state index in [4.69, 9.17) is 9.26 Å². The molecule has 0 unspecified atom stereocenters. The number of aryl methyl sites for hydroxylation is 2. The summed E-state index contributed by atoms with van der Waals surface area (Å²) < 4.78 is 10.4. The molecule has 2 heterocycles. The lowest BCUT2D eigenvalue weighted by molar-refractivity contribution is 0.413. The van der Waals surface area contributed by atoms with Crippen LogP contribution in [0.3, 0.4) is 0 Å². The number of rotatable bonds is 4. The fourth-order valence-corrected chi connectivity index (χ4v) is 2.03. The molecular formula is C15H15N5O2. The summed E-state index contributed by atoms with van der Waals surface area (Å²) >= 11 is 0. The summed E-state index contributed by atoms with van der Waals surface area (Å²) in [6, 6.07) is 9.29. The van der Waals surface area contributed by atoms with E-state index in [1.165, 1.54) is 0 Å². The van der Waals surface area contributed by atoms with Crippen molar-refractivity contribution >= 4 is 11.9 Å². The van der Waals surface area contributed by atoms with Crippen LogP contribution in [0.25, 0.3) is 11.5 Å². The normalized spacial score (nSPS) is 10.5. The van der Waals surface area contributed by atoms with E-state index >= 15 is 0 Å². The van der Waals surface area contributed by atoms with Gasteiger partial charge in [0.2, 0.25) is 5.95 Å². The Labute approximate surface area is 127 Å². The maximum atomic E-state index is 5.25. The number of methoxy groups -OCH3 is 1. The second-order valence-corrected chi connectivity index (χ2v) is 4.75. The Morgan fingerprint density at radius 2 is 1.77 bits per heavy atom. The van der Waals surface area contributed by atoms with Crippen molar-refractivity contribution in [2.75, 3.05) is 12.4 Å². The van der Waals surface area contributed by atoms with Crippen molar-refractivity contribution in [1.82, 2.24) is 20.1 Å². The van der Waals surface area contributed by atoms with Gasteiger partial charge in [0.15, 0.2) is 0 Å². The van der Waals surface area contributed by atoms with Crippen molar-refractivity contribution in [1.29, 1.82) is 0 Å². The van der Waals surface area contributed by atoms with Crippen LogP contribution in [-0.4, -0.2) is 27.2 Å². The molecule has 1 aromatic carbocycles. The zero-order valence-corrected chi connectivity index (χ0v) is 12.5. The minimum atomic E-state index is 0.308. The maximum absolute atomic E-state index is 5.25. The van der Waals surface area contributed by atoms with Gasteiger partial charge in [-0.05, 0) is 43.3 Å². The van der Waals surface area contributed by atoms with Crippen LogP contribution >= 0.6 is 0 Å². The lowest BCUT2D eigenvalue weighted by Gasteiger charge is -2.02. The smallest absolute Gasteiger partial charge is 0.270 e. The third kappa shape index (κ3) is 3.03. The van der Waals surface area contributed by atoms with Crippen LogP contribution in [0.15, 0.2) is 34.9 Å². The molecule has 7 nitrogen and oxygen atoms in total. The third-order valence-electron chi connectivity index (χ3n) is 2.95. The van der Waals surface area contributed by atoms with E-state index in [1.807, 2.05) is 44.2 Å². The second kappa shape index (κ2) is 5.80. The van der Waals surface area contributed by atoms with Gasteiger partial charge in [0.05, 0.1) is 7.11 Å². The summed E-state index contributed by atoms with van der Waals surface area (Å²) in [4.78, 5) is 12.8. The number of ether oxygens (including phenoxy) is 1. The van der Waals surface area contributed by atoms with Crippen LogP contribution < -0.4 is 10.1 Å². The average Bonchev–Trinajstić information content (AvgIpc) is 2.95. The van der Waals surface area contributed by atoms with E-state index in [0.717, 1.165) is 22.7 Å². The van der Waals surface area contributed by atoms with Crippen LogP contribution in [0, 0.1) is 13.8 Å². The van der Waals surface area contributed by atoms with Gasteiger partial charge in [-0.15, -0.1) is 0 Å². The molecular weight excluding hydrogens is 282 g/mol. The lowest BCUT2D eigenvalue weighted by atomic mass is 10.2. The largest absolute Gasteiger partial charge is 0.497 e. The van der Waals surface area contributed by atoms with Crippen LogP contribution in [0.5, 0.6) is 5.75 Å². The number of anilines is 2. The highest BCUT2D eigenvalue weighted by molar-refractivity contribution is 5.57. The fourth-order valence-electron chi connectivity index (χ4n) is 2.03. The van der Waals surface area contributed by atoms with Gasteiger partial charge in [0.25, 0.3) is 11.8 Å². The Kier molecular flexibility index (Phi) is 3.69. The summed E-state index contributed by atoms with van der Waals surface area (Å²) in [6.45, 7) is 3.80. The monoisotopic (exact) mass is 297 g/mol. The van der Waals surface area contributed by atoms with E-state index in [2.05, 4.69) is 25.4 Å². The molecule has 2 aromatic heterocycles. The molecule has 22 heavy (non-hydrogen) atoms. The highest BCUT2D eigenvalue weighted by atomic mass is 16.5. The molecule has 0 saturated heterocycles. The van der Waals surface area contributed by atoms with Crippen LogP contribution in [-0.2, 0) is 0 Å². The van der Waals surface area contributed by atoms with Gasteiger partial charge in [-0.3, -0.25) is 5.32 Å². The van der Waals surface area contributed by atoms with Crippen molar-refractivity contribution in [3.8, 4) is 17.2 Å². The molecule has 1 N–H and O–H groups in total. The average molecular weight is 297 g/mol. The Morgan fingerprint density at radius 1 is 1.00 bits per heavy atom. The van der Waals surface area contributed by atoms with Crippen molar-refractivity contribution in [2.45, 2.75) is 13.8 Å². The molecule has 0 aliphatic heterocycles. The zero-order valence-electron chi connectivity index (χ0n) is 12.5. The first-order chi connectivity index (χ1) is 10.6. The standard InChI is InChI=1S/C15H15N5O2/c1-9-7-10(2)17-14(16-9)19-15-18-13(22-20-15)11-5-4-6-12(8-11)21-3/h4-8H,1-3H3,(H,16,17,19,20). The van der Waals surface area contributed by atoms with Crippen LogP contribution in [0.2, 0.25) is 0 Å². The predicted molar refractivity (Wildman–Crippen MR) is 81.1 cm³/mol. The minimum absolute atomic E-state index is 0.308. The van der Waals surface area contributed by atoms with Gasteiger partial charge in [-0.1, -0.05) is 6.07 Å². The van der Waals surface area contributed by atoms with Crippen LogP contribution in [0.1, 0.15) is 11.4 Å². The molecule has 112 valence electrons. The second-order valence-electron chi connectivity index (χ2n) is 4.75. The van der Waals surface area contributed by atoms with Gasteiger partial charge in [0, 0.05) is 17.0 Å². The summed E-state index contributed by atoms with van der Waals surface area (Å²) in [5.74, 6) is 1.87. The van der Waals surface area contributed by atoms with Crippen molar-refractivity contribution in [2.24, 2.45) is 0 Å². The minimum Gasteiger partial charge on any atom is -0.497 e. The van der Waals surface area contributed by atoms with E-state index in [-0.39, 0.29) is 0 Å². The number of hydrogen-bond acceptors (Lipinski definition) is 7. The Balaban J connectivity index is 1.84. The molecule has 3 aromatic rings. The number of nitrogens with one attached hydrogen (secondary N) is 1. The van der Waals surface area contributed by atoms with E-state index < -0.39 is 0 Å². The molecule has 0 bridgehead atoms. The summed E-state index contributed by atoms with van der Waals surface area (Å²) in [5, 5.41) is 6.82. The lowest BCUT2D eigenvalue weighted by Crippen LogP contribution is -2.01. The molecule has 0 spiro atoms. The van der Waals surface area contributed by atoms with Gasteiger partial charge < -0.3 is 9.26 Å². The highest BCUT2D eigenvalue weighted by Crippen LogP contribution is 2.23. The number of hydrogen-bond donors (Lipinski definition) is 1. The first-order valence-electron chi connectivity index (χ1n) is 6.71. The molecule has 7 heteroatoms. The van der Waals surface area contributed by atoms with Crippen LogP contribution in [0.4, 0.5) is 11.9 Å². The summed E-state index contributed by atoms with van der Waals surface area (Å²) in [5.41, 5.74) is 2.51. The molecule has 3 rings (SSSR count). The zero-order chi connectivity index (χ0) is 15.5. The molecule has 0 saturated carbocycles. The fraction of sp³-hybridized carbons (Fsp3) is 0.200. The Bertz CT molecular complexity index is 780. The predicted octanol–water partition coefficient (Wildman–Crippen LogP) is 2.90. The SMILES string of the molecule is COc1cccc(-c2nc(Nc3nc(C)cc(C)n3)no2)c1. The van der Waals surface area contributed by atoms with E-state index in [0.29, 0.717) is 17.8 Å². The van der Waals surface area contributed by atoms with Gasteiger partial charge in [0.1, 0.15) is 5.75 Å². The van der Waals surface area contributed by atoms with Crippen molar-refractivity contribution in [3.05, 3.63) is 41.7 Å². The summed E-state index contributed by atoms with van der Waals surface area (Å²) in [7, 11) is 1.61.